The van der Waals surface area contributed by atoms with E-state index in [0.717, 1.165) is 0 Å². The summed E-state index contributed by atoms with van der Waals surface area (Å²) in [5, 5.41) is 9.99. The maximum Gasteiger partial charge on any atom is 0.270 e. The predicted molar refractivity (Wildman–Crippen MR) is 116 cm³/mol. The molecule has 0 aliphatic carbocycles. The molecule has 3 rings (SSSR count). The highest BCUT2D eigenvalue weighted by atomic mass is 32.1. The lowest BCUT2D eigenvalue weighted by molar-refractivity contribution is -0.127. The van der Waals surface area contributed by atoms with Crippen molar-refractivity contribution in [3.63, 3.8) is 0 Å². The number of nitrogens with zero attached hydrogens (tertiary/aromatic N) is 2. The summed E-state index contributed by atoms with van der Waals surface area (Å²) in [5.74, 6) is -0.762. The molecule has 1 saturated heterocycles. The van der Waals surface area contributed by atoms with E-state index in [2.05, 4.69) is 6.58 Å². The molecule has 1 aliphatic heterocycles. The standard InChI is InChI=1S/C22H20N2O4S/c1-3-12-23-20(26)17(13-15-10-11-18(25)19(14-15)28-4-2)21(27)24(22(23)29)16-8-6-5-7-9-16/h3,5-11,13-14,25H,1,4,12H2,2H3. The van der Waals surface area contributed by atoms with Crippen LogP contribution >= 0.6 is 12.2 Å². The minimum atomic E-state index is -0.516. The number of para-hydroxylation sites is 1. The van der Waals surface area contributed by atoms with Crippen LogP contribution in [-0.2, 0) is 9.59 Å². The molecule has 0 spiro atoms. The Morgan fingerprint density at radius 1 is 1.14 bits per heavy atom. The molecule has 1 aliphatic rings. The largest absolute Gasteiger partial charge is 0.504 e. The first-order chi connectivity index (χ1) is 14.0. The number of benzene rings is 2. The van der Waals surface area contributed by atoms with Crippen LogP contribution in [0.2, 0.25) is 0 Å². The topological polar surface area (TPSA) is 70.1 Å². The number of ether oxygens (including phenoxy) is 1. The van der Waals surface area contributed by atoms with Gasteiger partial charge in [0.25, 0.3) is 11.8 Å². The second-order valence-electron chi connectivity index (χ2n) is 6.18. The molecule has 0 unspecified atom stereocenters. The Balaban J connectivity index is 2.08. The molecule has 1 N–H and O–H groups in total. The third kappa shape index (κ3) is 4.05. The number of aromatic hydroxyl groups is 1. The molecule has 2 aromatic carbocycles. The van der Waals surface area contributed by atoms with E-state index in [1.54, 1.807) is 49.4 Å². The Hall–Kier alpha value is -3.45. The molecule has 1 heterocycles. The van der Waals surface area contributed by atoms with Crippen LogP contribution < -0.4 is 9.64 Å². The molecule has 0 saturated carbocycles. The molecule has 29 heavy (non-hydrogen) atoms. The Morgan fingerprint density at radius 2 is 1.86 bits per heavy atom. The van der Waals surface area contributed by atoms with Gasteiger partial charge in [-0.25, -0.2) is 0 Å². The summed E-state index contributed by atoms with van der Waals surface area (Å²) in [6.07, 6.45) is 3.02. The first kappa shape index (κ1) is 20.3. The zero-order valence-electron chi connectivity index (χ0n) is 15.9. The maximum atomic E-state index is 13.2. The summed E-state index contributed by atoms with van der Waals surface area (Å²) in [6.45, 7) is 6.01. The molecule has 6 nitrogen and oxygen atoms in total. The van der Waals surface area contributed by atoms with Gasteiger partial charge in [-0.2, -0.15) is 0 Å². The van der Waals surface area contributed by atoms with Gasteiger partial charge in [-0.05, 0) is 55.0 Å². The quantitative estimate of drug-likeness (QED) is 0.343. The van der Waals surface area contributed by atoms with Crippen molar-refractivity contribution in [1.82, 2.24) is 4.90 Å². The average molecular weight is 408 g/mol. The fourth-order valence-electron chi connectivity index (χ4n) is 2.93. The number of thiocarbonyl (C=S) groups is 1. The number of phenolic OH excluding ortho intramolecular Hbond substituents is 1. The first-order valence-corrected chi connectivity index (χ1v) is 9.42. The summed E-state index contributed by atoms with van der Waals surface area (Å²) in [5.41, 5.74) is 1.07. The third-order valence-corrected chi connectivity index (χ3v) is 4.65. The van der Waals surface area contributed by atoms with Gasteiger partial charge in [0.1, 0.15) is 5.57 Å². The zero-order chi connectivity index (χ0) is 21.0. The van der Waals surface area contributed by atoms with Gasteiger partial charge in [-0.15, -0.1) is 6.58 Å². The summed E-state index contributed by atoms with van der Waals surface area (Å²) >= 11 is 5.42. The molecule has 1 fully saturated rings. The van der Waals surface area contributed by atoms with Crippen LogP contribution in [0, 0.1) is 0 Å². The van der Waals surface area contributed by atoms with Crippen molar-refractivity contribution >= 4 is 40.9 Å². The predicted octanol–water partition coefficient (Wildman–Crippen LogP) is 3.52. The summed E-state index contributed by atoms with van der Waals surface area (Å²) < 4.78 is 5.38. The maximum absolute atomic E-state index is 13.2. The van der Waals surface area contributed by atoms with Crippen molar-refractivity contribution in [3.05, 3.63) is 72.3 Å². The van der Waals surface area contributed by atoms with Gasteiger partial charge >= 0.3 is 0 Å². The first-order valence-electron chi connectivity index (χ1n) is 9.01. The second kappa shape index (κ2) is 8.70. The lowest BCUT2D eigenvalue weighted by Crippen LogP contribution is -2.56. The third-order valence-electron chi connectivity index (χ3n) is 4.25. The van der Waals surface area contributed by atoms with Crippen LogP contribution in [0.5, 0.6) is 11.5 Å². The Kier molecular flexibility index (Phi) is 6.09. The van der Waals surface area contributed by atoms with Gasteiger partial charge in [0.2, 0.25) is 0 Å². The van der Waals surface area contributed by atoms with Crippen LogP contribution in [0.4, 0.5) is 5.69 Å². The van der Waals surface area contributed by atoms with Crippen molar-refractivity contribution < 1.29 is 19.4 Å². The van der Waals surface area contributed by atoms with Gasteiger partial charge in [-0.1, -0.05) is 30.3 Å². The number of carbonyl (C=O) groups excluding carboxylic acids is 2. The number of phenols is 1. The van der Waals surface area contributed by atoms with Crippen molar-refractivity contribution in [2.45, 2.75) is 6.92 Å². The van der Waals surface area contributed by atoms with E-state index in [1.165, 1.54) is 21.9 Å². The van der Waals surface area contributed by atoms with E-state index < -0.39 is 11.8 Å². The summed E-state index contributed by atoms with van der Waals surface area (Å²) in [6, 6.07) is 13.5. The lowest BCUT2D eigenvalue weighted by Gasteiger charge is -2.36. The van der Waals surface area contributed by atoms with E-state index in [9.17, 15) is 14.7 Å². The number of hydrogen-bond acceptors (Lipinski definition) is 5. The molecule has 7 heteroatoms. The molecule has 148 valence electrons. The normalized spacial score (nSPS) is 15.8. The fraction of sp³-hybridized carbons (Fsp3) is 0.136. The molecule has 0 radical (unpaired) electrons. The van der Waals surface area contributed by atoms with Crippen LogP contribution in [0.1, 0.15) is 12.5 Å². The van der Waals surface area contributed by atoms with Crippen molar-refractivity contribution in [2.24, 2.45) is 0 Å². The Bertz CT molecular complexity index is 1000. The van der Waals surface area contributed by atoms with Gasteiger partial charge in [-0.3, -0.25) is 19.4 Å². The monoisotopic (exact) mass is 408 g/mol. The molecule has 0 aromatic heterocycles. The van der Waals surface area contributed by atoms with Crippen LogP contribution in [0.15, 0.2) is 66.8 Å². The molecular formula is C22H20N2O4S. The van der Waals surface area contributed by atoms with Crippen molar-refractivity contribution in [2.75, 3.05) is 18.1 Å². The second-order valence-corrected chi connectivity index (χ2v) is 6.55. The minimum absolute atomic E-state index is 0.0179. The smallest absolute Gasteiger partial charge is 0.270 e. The minimum Gasteiger partial charge on any atom is -0.504 e. The number of hydrogen-bond donors (Lipinski definition) is 1. The van der Waals surface area contributed by atoms with Crippen LogP contribution in [0.25, 0.3) is 6.08 Å². The van der Waals surface area contributed by atoms with Crippen LogP contribution in [0.3, 0.4) is 0 Å². The molecule has 0 atom stereocenters. The van der Waals surface area contributed by atoms with E-state index >= 15 is 0 Å². The number of amides is 2. The highest BCUT2D eigenvalue weighted by Crippen LogP contribution is 2.30. The molecule has 0 bridgehead atoms. The number of carbonyl (C=O) groups is 2. The average Bonchev–Trinajstić information content (AvgIpc) is 2.72. The van der Waals surface area contributed by atoms with E-state index in [-0.39, 0.29) is 28.7 Å². The zero-order valence-corrected chi connectivity index (χ0v) is 16.7. The van der Waals surface area contributed by atoms with Crippen LogP contribution in [-0.4, -0.2) is 40.1 Å². The van der Waals surface area contributed by atoms with E-state index in [4.69, 9.17) is 17.0 Å². The number of anilines is 1. The molecular weight excluding hydrogens is 388 g/mol. The molecule has 2 aromatic rings. The van der Waals surface area contributed by atoms with E-state index in [0.29, 0.717) is 17.9 Å². The molecule has 2 amide bonds. The van der Waals surface area contributed by atoms with Gasteiger partial charge in [0.05, 0.1) is 12.3 Å². The van der Waals surface area contributed by atoms with Crippen molar-refractivity contribution in [1.29, 1.82) is 0 Å². The Morgan fingerprint density at radius 3 is 2.52 bits per heavy atom. The highest BCUT2D eigenvalue weighted by molar-refractivity contribution is 7.80. The number of rotatable bonds is 6. The van der Waals surface area contributed by atoms with Crippen molar-refractivity contribution in [3.8, 4) is 11.5 Å². The Labute approximate surface area is 174 Å². The highest BCUT2D eigenvalue weighted by Gasteiger charge is 2.39. The van der Waals surface area contributed by atoms with E-state index in [1.807, 2.05) is 6.07 Å². The van der Waals surface area contributed by atoms with Gasteiger partial charge in [0.15, 0.2) is 16.6 Å². The van der Waals surface area contributed by atoms with Gasteiger partial charge < -0.3 is 9.84 Å². The SMILES string of the molecule is C=CCN1C(=O)C(=Cc2ccc(O)c(OCC)c2)C(=O)N(c2ccccc2)C1=S. The summed E-state index contributed by atoms with van der Waals surface area (Å²) in [7, 11) is 0. The fourth-order valence-corrected chi connectivity index (χ4v) is 3.27. The summed E-state index contributed by atoms with van der Waals surface area (Å²) in [4.78, 5) is 28.8. The van der Waals surface area contributed by atoms with Gasteiger partial charge in [0, 0.05) is 6.54 Å². The lowest BCUT2D eigenvalue weighted by atomic mass is 10.1.